The fourth-order valence-corrected chi connectivity index (χ4v) is 0.653. The molecule has 0 radical (unpaired) electrons. The maximum atomic E-state index is 10.2. The topological polar surface area (TPSA) is 93.0 Å². The van der Waals surface area contributed by atoms with E-state index in [-0.39, 0.29) is 0 Å². The van der Waals surface area contributed by atoms with Crippen LogP contribution < -0.4 is 9.35 Å². The summed E-state index contributed by atoms with van der Waals surface area (Å²) in [7, 11) is 0. The van der Waals surface area contributed by atoms with Crippen LogP contribution in [0.25, 0.3) is 5.73 Å². The third-order valence-corrected chi connectivity index (χ3v) is 1.03. The average molecular weight is 218 g/mol. The van der Waals surface area contributed by atoms with E-state index in [2.05, 4.69) is 5.32 Å². The molecule has 0 saturated carbocycles. The molecule has 0 spiro atoms. The van der Waals surface area contributed by atoms with Gasteiger partial charge in [-0.05, 0) is 5.69 Å². The maximum absolute atomic E-state index is 10.2. The second kappa shape index (κ2) is 7.48. The van der Waals surface area contributed by atoms with Crippen molar-refractivity contribution in [3.8, 4) is 0 Å². The summed E-state index contributed by atoms with van der Waals surface area (Å²) in [6, 6.07) is 8.11. The molecular formula is C7H7N2O3V-2. The van der Waals surface area contributed by atoms with E-state index in [0.29, 0.717) is 5.69 Å². The molecule has 1 rings (SSSR count). The Hall–Kier alpha value is -1.17. The molecule has 0 bridgehead atoms. The van der Waals surface area contributed by atoms with Gasteiger partial charge >= 0.3 is 24.3 Å². The van der Waals surface area contributed by atoms with Crippen LogP contribution in [-0.4, -0.2) is 6.03 Å². The molecule has 6 heteroatoms. The number of carbonyl (C=O) groups is 1. The first-order valence-corrected chi connectivity index (χ1v) is 4.37. The molecule has 5 nitrogen and oxygen atoms in total. The average Bonchev–Trinajstić information content (AvgIpc) is 2.06. The number of amides is 2. The fraction of sp³-hybridized carbons (Fsp3) is 0. The second-order valence-electron chi connectivity index (χ2n) is 1.89. The molecule has 0 saturated heterocycles. The molecule has 0 aliphatic carbocycles. The third kappa shape index (κ3) is 7.20. The van der Waals surface area contributed by atoms with E-state index in [1.54, 1.807) is 24.3 Å². The minimum absolute atomic E-state index is 0.655. The standard InChI is InChI=1S/C7H8N2O.2O.V/c8-7(10)9-6-4-2-1-3-5-6;;;/h1-5H,(H3,8,9,10);;;/q;;-1;/p-1. The van der Waals surface area contributed by atoms with Gasteiger partial charge in [-0.1, -0.05) is 30.3 Å². The predicted molar refractivity (Wildman–Crippen MR) is 40.5 cm³/mol. The van der Waals surface area contributed by atoms with Crippen LogP contribution in [-0.2, 0) is 20.3 Å². The molecule has 2 N–H and O–H groups in total. The molecule has 1 aromatic carbocycles. The Bertz CT molecular complexity index is 266. The van der Waals surface area contributed by atoms with Crippen molar-refractivity contribution >= 4 is 11.7 Å². The number of nitrogens with one attached hydrogen (secondary N) is 2. The summed E-state index contributed by atoms with van der Waals surface area (Å²) in [6.07, 6.45) is 0. The number of benzene rings is 1. The summed E-state index contributed by atoms with van der Waals surface area (Å²) in [5.41, 5.74) is 7.22. The number of urea groups is 1. The Labute approximate surface area is 82.6 Å². The first-order valence-electron chi connectivity index (χ1n) is 3.23. The second-order valence-corrected chi connectivity index (χ2v) is 2.13. The molecule has 0 heterocycles. The molecule has 0 aliphatic rings. The van der Waals surface area contributed by atoms with E-state index in [9.17, 15) is 4.79 Å². The first kappa shape index (κ1) is 11.8. The first-order chi connectivity index (χ1) is 6.20. The summed E-state index contributed by atoms with van der Waals surface area (Å²) >= 11 is -1.81. The van der Waals surface area contributed by atoms with Crippen molar-refractivity contribution in [2.45, 2.75) is 0 Å². The van der Waals surface area contributed by atoms with Crippen LogP contribution in [0.15, 0.2) is 30.3 Å². The van der Waals surface area contributed by atoms with Gasteiger partial charge in [-0.25, -0.2) is 0 Å². The normalized spacial score (nSPS) is 7.77. The van der Waals surface area contributed by atoms with Crippen LogP contribution in [0.5, 0.6) is 0 Å². The Kier molecular flexibility index (Phi) is 6.81. The Morgan fingerprint density at radius 2 is 1.85 bits per heavy atom. The molecule has 70 valence electrons. The van der Waals surface area contributed by atoms with E-state index < -0.39 is 22.6 Å². The van der Waals surface area contributed by atoms with Gasteiger partial charge in [-0.15, -0.1) is 0 Å². The van der Waals surface area contributed by atoms with Gasteiger partial charge in [0.25, 0.3) is 0 Å². The van der Waals surface area contributed by atoms with Crippen LogP contribution in [0.1, 0.15) is 0 Å². The number of anilines is 1. The summed E-state index contributed by atoms with van der Waals surface area (Å²) in [5, 5.41) is 2.33. The summed E-state index contributed by atoms with van der Waals surface area (Å²) in [4.78, 5) is 10.2. The minimum atomic E-state index is -1.81. The predicted octanol–water partition coefficient (Wildman–Crippen LogP) is 0.960. The zero-order chi connectivity index (χ0) is 10.1. The number of hydrogen-bond donors (Lipinski definition) is 1. The molecule has 0 fully saturated rings. The van der Waals surface area contributed by atoms with E-state index in [1.807, 2.05) is 6.07 Å². The number of para-hydroxylation sites is 1. The molecule has 0 aromatic heterocycles. The number of carbonyl (C=O) groups excluding carboxylic acids is 1. The molecule has 2 amide bonds. The van der Waals surface area contributed by atoms with Crippen LogP contribution in [0.2, 0.25) is 0 Å². The van der Waals surface area contributed by atoms with Crippen LogP contribution in [0.4, 0.5) is 10.5 Å². The van der Waals surface area contributed by atoms with Crippen molar-refractivity contribution < 1.29 is 29.1 Å². The van der Waals surface area contributed by atoms with Crippen LogP contribution >= 0.6 is 0 Å². The van der Waals surface area contributed by atoms with Crippen molar-refractivity contribution in [1.82, 2.24) is 0 Å². The van der Waals surface area contributed by atoms with Crippen molar-refractivity contribution in [2.24, 2.45) is 0 Å². The molecule has 13 heavy (non-hydrogen) atoms. The zero-order valence-corrected chi connectivity index (χ0v) is 7.96. The Balaban J connectivity index is 0.000000424. The van der Waals surface area contributed by atoms with Gasteiger partial charge in [0.15, 0.2) is 6.03 Å². The monoisotopic (exact) mass is 218 g/mol. The summed E-state index contributed by atoms with van der Waals surface area (Å²) < 4.78 is 16.9. The molecule has 0 aliphatic heterocycles. The van der Waals surface area contributed by atoms with Crippen molar-refractivity contribution in [1.29, 1.82) is 0 Å². The van der Waals surface area contributed by atoms with Crippen molar-refractivity contribution in [2.75, 3.05) is 5.32 Å². The number of rotatable bonds is 1. The number of hydrogen-bond acceptors (Lipinski definition) is 3. The van der Waals surface area contributed by atoms with Crippen molar-refractivity contribution in [3.05, 3.63) is 36.1 Å². The van der Waals surface area contributed by atoms with Gasteiger partial charge < -0.3 is 11.1 Å². The van der Waals surface area contributed by atoms with Gasteiger partial charge in [-0.3, -0.25) is 4.79 Å². The summed E-state index contributed by atoms with van der Waals surface area (Å²) in [5.74, 6) is 0. The van der Waals surface area contributed by atoms with Gasteiger partial charge in [0.05, 0.1) is 0 Å². The summed E-state index contributed by atoms with van der Waals surface area (Å²) in [6.45, 7) is 0. The van der Waals surface area contributed by atoms with Gasteiger partial charge in [0.2, 0.25) is 0 Å². The third-order valence-electron chi connectivity index (χ3n) is 1.03. The molecule has 0 atom stereocenters. The van der Waals surface area contributed by atoms with Gasteiger partial charge in [0, 0.05) is 0 Å². The van der Waals surface area contributed by atoms with Gasteiger partial charge in [-0.2, -0.15) is 0 Å². The fourth-order valence-electron chi connectivity index (χ4n) is 0.653. The Morgan fingerprint density at radius 1 is 1.38 bits per heavy atom. The van der Waals surface area contributed by atoms with E-state index >= 15 is 0 Å². The molecular weight excluding hydrogens is 211 g/mol. The van der Waals surface area contributed by atoms with Crippen LogP contribution in [0, 0.1) is 0 Å². The quantitative estimate of drug-likeness (QED) is 0.760. The van der Waals surface area contributed by atoms with E-state index in [4.69, 9.17) is 13.4 Å². The SMILES string of the molecule is [NH-]C(=O)Nc1ccccc1.[O]=[V][O-]. The zero-order valence-electron chi connectivity index (χ0n) is 6.56. The van der Waals surface area contributed by atoms with Crippen LogP contribution in [0.3, 0.4) is 0 Å². The molecule has 1 aromatic rings. The van der Waals surface area contributed by atoms with E-state index in [1.165, 1.54) is 0 Å². The van der Waals surface area contributed by atoms with Crippen molar-refractivity contribution in [3.63, 3.8) is 0 Å². The molecule has 0 unspecified atom stereocenters. The Morgan fingerprint density at radius 3 is 2.23 bits per heavy atom. The van der Waals surface area contributed by atoms with Gasteiger partial charge in [0.1, 0.15) is 0 Å². The van der Waals surface area contributed by atoms with E-state index in [0.717, 1.165) is 0 Å².